The van der Waals surface area contributed by atoms with Crippen LogP contribution in [0.5, 0.6) is 0 Å². The van der Waals surface area contributed by atoms with Crippen molar-refractivity contribution < 1.29 is 19.4 Å². The topological polar surface area (TPSA) is 63.6 Å². The van der Waals surface area contributed by atoms with Crippen LogP contribution in [-0.4, -0.2) is 24.2 Å². The summed E-state index contributed by atoms with van der Waals surface area (Å²) < 4.78 is 4.41. The highest BCUT2D eigenvalue weighted by atomic mass is 16.5. The summed E-state index contributed by atoms with van der Waals surface area (Å²) in [7, 11) is 1.17. The van der Waals surface area contributed by atoms with Gasteiger partial charge >= 0.3 is 11.9 Å². The zero-order valence-corrected chi connectivity index (χ0v) is 7.64. The second-order valence-corrected chi connectivity index (χ2v) is 2.71. The fraction of sp³-hybridized carbons (Fsp3) is 0.200. The van der Waals surface area contributed by atoms with Gasteiger partial charge in [-0.25, -0.2) is 0 Å². The summed E-state index contributed by atoms with van der Waals surface area (Å²) in [5.41, 5.74) is 0.423. The molecule has 0 bridgehead atoms. The van der Waals surface area contributed by atoms with E-state index >= 15 is 0 Å². The fourth-order valence-electron chi connectivity index (χ4n) is 1.14. The number of esters is 1. The molecule has 0 aliphatic carbocycles. The number of benzene rings is 1. The molecule has 4 heteroatoms. The number of carboxylic acid groups (broad SMARTS) is 1. The predicted molar refractivity (Wildman–Crippen MR) is 48.8 cm³/mol. The highest BCUT2D eigenvalue weighted by Crippen LogP contribution is 2.16. The van der Waals surface area contributed by atoms with Crippen LogP contribution in [0.4, 0.5) is 0 Å². The van der Waals surface area contributed by atoms with Crippen molar-refractivity contribution in [3.63, 3.8) is 0 Å². The highest BCUT2D eigenvalue weighted by Gasteiger charge is 2.28. The van der Waals surface area contributed by atoms with Crippen LogP contribution in [0.15, 0.2) is 30.3 Å². The average molecular weight is 194 g/mol. The number of carbonyl (C=O) groups excluding carboxylic acids is 1. The Hall–Kier alpha value is -1.84. The maximum Gasteiger partial charge on any atom is 0.324 e. The van der Waals surface area contributed by atoms with E-state index in [4.69, 9.17) is 5.11 Å². The second kappa shape index (κ2) is 4.41. The molecule has 0 aromatic heterocycles. The molecule has 0 saturated heterocycles. The van der Waals surface area contributed by atoms with Gasteiger partial charge in [0.1, 0.15) is 0 Å². The van der Waals surface area contributed by atoms with E-state index in [0.717, 1.165) is 0 Å². The second-order valence-electron chi connectivity index (χ2n) is 2.71. The standard InChI is InChI=1S/C10H10O4/c1-14-10(13)8(9(11)12)7-5-3-2-4-6-7/h2-6,8H,1H3,(H,11,12)/t8-/m1/s1. The third kappa shape index (κ3) is 2.10. The number of aliphatic carboxylic acids is 1. The molecule has 1 N–H and O–H groups in total. The molecule has 0 spiro atoms. The summed E-state index contributed by atoms with van der Waals surface area (Å²) in [5.74, 6) is -3.20. The minimum absolute atomic E-state index is 0.423. The average Bonchev–Trinajstić information content (AvgIpc) is 2.19. The smallest absolute Gasteiger partial charge is 0.324 e. The van der Waals surface area contributed by atoms with E-state index in [1.54, 1.807) is 30.3 Å². The molecule has 0 unspecified atom stereocenters. The molecule has 74 valence electrons. The molecule has 1 aromatic rings. The van der Waals surface area contributed by atoms with Crippen LogP contribution in [0.1, 0.15) is 11.5 Å². The number of ether oxygens (including phenoxy) is 1. The summed E-state index contributed by atoms with van der Waals surface area (Å²) in [6.45, 7) is 0. The molecule has 0 heterocycles. The molecule has 1 atom stereocenters. The van der Waals surface area contributed by atoms with Gasteiger partial charge in [-0.15, -0.1) is 0 Å². The van der Waals surface area contributed by atoms with Crippen molar-refractivity contribution in [2.75, 3.05) is 7.11 Å². The lowest BCUT2D eigenvalue weighted by Crippen LogP contribution is -2.22. The Kier molecular flexibility index (Phi) is 3.23. The summed E-state index contributed by atoms with van der Waals surface area (Å²) in [6, 6.07) is 8.26. The number of rotatable bonds is 3. The van der Waals surface area contributed by atoms with Gasteiger partial charge < -0.3 is 9.84 Å². The van der Waals surface area contributed by atoms with Gasteiger partial charge in [-0.2, -0.15) is 0 Å². The SMILES string of the molecule is COC(=O)[C@@H](C(=O)O)c1ccccc1. The molecule has 1 aromatic carbocycles. The van der Waals surface area contributed by atoms with E-state index in [1.807, 2.05) is 0 Å². The zero-order chi connectivity index (χ0) is 10.6. The first-order valence-electron chi connectivity index (χ1n) is 4.02. The molecule has 1 rings (SSSR count). The van der Waals surface area contributed by atoms with Crippen LogP contribution in [-0.2, 0) is 14.3 Å². The van der Waals surface area contributed by atoms with Crippen molar-refractivity contribution in [3.8, 4) is 0 Å². The van der Waals surface area contributed by atoms with E-state index in [0.29, 0.717) is 5.56 Å². The summed E-state index contributed by atoms with van der Waals surface area (Å²) in [4.78, 5) is 22.0. The maximum absolute atomic E-state index is 11.2. The molecule has 0 aliphatic rings. The lowest BCUT2D eigenvalue weighted by atomic mass is 10.00. The van der Waals surface area contributed by atoms with Crippen LogP contribution in [0.2, 0.25) is 0 Å². The first-order chi connectivity index (χ1) is 6.66. The van der Waals surface area contributed by atoms with E-state index < -0.39 is 17.9 Å². The Bertz CT molecular complexity index is 331. The van der Waals surface area contributed by atoms with E-state index in [2.05, 4.69) is 4.74 Å². The van der Waals surface area contributed by atoms with Gasteiger partial charge in [-0.1, -0.05) is 30.3 Å². The Morgan fingerprint density at radius 3 is 2.29 bits per heavy atom. The van der Waals surface area contributed by atoms with Crippen LogP contribution in [0.25, 0.3) is 0 Å². The molecule has 0 aliphatic heterocycles. The van der Waals surface area contributed by atoms with Crippen molar-refractivity contribution in [1.82, 2.24) is 0 Å². The number of hydrogen-bond acceptors (Lipinski definition) is 3. The summed E-state index contributed by atoms with van der Waals surface area (Å²) in [5, 5.41) is 8.83. The van der Waals surface area contributed by atoms with Crippen molar-refractivity contribution in [1.29, 1.82) is 0 Å². The predicted octanol–water partition coefficient (Wildman–Crippen LogP) is 1.03. The van der Waals surface area contributed by atoms with Crippen molar-refractivity contribution in [2.24, 2.45) is 0 Å². The van der Waals surface area contributed by atoms with Gasteiger partial charge in [0.05, 0.1) is 7.11 Å². The molecule has 14 heavy (non-hydrogen) atoms. The van der Waals surface area contributed by atoms with Gasteiger partial charge in [0.2, 0.25) is 0 Å². The van der Waals surface area contributed by atoms with Gasteiger partial charge in [-0.05, 0) is 5.56 Å². The minimum atomic E-state index is -1.24. The quantitative estimate of drug-likeness (QED) is 0.576. The molecular formula is C10H10O4. The zero-order valence-electron chi connectivity index (χ0n) is 7.64. The fourth-order valence-corrected chi connectivity index (χ4v) is 1.14. The number of hydrogen-bond donors (Lipinski definition) is 1. The van der Waals surface area contributed by atoms with E-state index in [1.165, 1.54) is 7.11 Å². The summed E-state index contributed by atoms with van der Waals surface area (Å²) in [6.07, 6.45) is 0. The lowest BCUT2D eigenvalue weighted by molar-refractivity contribution is -0.152. The largest absolute Gasteiger partial charge is 0.480 e. The summed E-state index contributed by atoms with van der Waals surface area (Å²) >= 11 is 0. The van der Waals surface area contributed by atoms with Crippen LogP contribution >= 0.6 is 0 Å². The first-order valence-corrected chi connectivity index (χ1v) is 4.02. The van der Waals surface area contributed by atoms with E-state index in [-0.39, 0.29) is 0 Å². The Morgan fingerprint density at radius 2 is 1.86 bits per heavy atom. The van der Waals surface area contributed by atoms with Crippen molar-refractivity contribution in [2.45, 2.75) is 5.92 Å². The Morgan fingerprint density at radius 1 is 1.29 bits per heavy atom. The molecule has 4 nitrogen and oxygen atoms in total. The Balaban J connectivity index is 3.01. The lowest BCUT2D eigenvalue weighted by Gasteiger charge is -2.09. The third-order valence-electron chi connectivity index (χ3n) is 1.82. The van der Waals surface area contributed by atoms with Crippen LogP contribution in [0.3, 0.4) is 0 Å². The third-order valence-corrected chi connectivity index (χ3v) is 1.82. The van der Waals surface area contributed by atoms with Gasteiger partial charge in [0.25, 0.3) is 0 Å². The molecule has 0 saturated carbocycles. The molecule has 0 radical (unpaired) electrons. The molecule has 0 fully saturated rings. The highest BCUT2D eigenvalue weighted by molar-refractivity contribution is 5.99. The number of methoxy groups -OCH3 is 1. The van der Waals surface area contributed by atoms with Gasteiger partial charge in [0, 0.05) is 0 Å². The minimum Gasteiger partial charge on any atom is -0.480 e. The monoisotopic (exact) mass is 194 g/mol. The number of carbonyl (C=O) groups is 2. The molecule has 0 amide bonds. The van der Waals surface area contributed by atoms with Gasteiger partial charge in [-0.3, -0.25) is 9.59 Å². The Labute approximate surface area is 81.1 Å². The van der Waals surface area contributed by atoms with Crippen LogP contribution < -0.4 is 0 Å². The normalized spacial score (nSPS) is 11.8. The first kappa shape index (κ1) is 10.2. The van der Waals surface area contributed by atoms with Crippen molar-refractivity contribution >= 4 is 11.9 Å². The van der Waals surface area contributed by atoms with Gasteiger partial charge in [0.15, 0.2) is 5.92 Å². The maximum atomic E-state index is 11.2. The van der Waals surface area contributed by atoms with Crippen molar-refractivity contribution in [3.05, 3.63) is 35.9 Å². The van der Waals surface area contributed by atoms with E-state index in [9.17, 15) is 9.59 Å². The number of carboxylic acids is 1. The van der Waals surface area contributed by atoms with Crippen LogP contribution in [0, 0.1) is 0 Å². The molecular weight excluding hydrogens is 184 g/mol.